The topological polar surface area (TPSA) is 65.1 Å². The molecular weight excluding hydrogens is 436 g/mol. The van der Waals surface area contributed by atoms with Crippen molar-refractivity contribution in [1.29, 1.82) is 0 Å². The summed E-state index contributed by atoms with van der Waals surface area (Å²) >= 11 is 1.89. The third kappa shape index (κ3) is 7.18. The van der Waals surface area contributed by atoms with Gasteiger partial charge in [-0.25, -0.2) is 0 Å². The maximum absolute atomic E-state index is 12.7. The molecule has 3 aliphatic heterocycles. The molecule has 0 bridgehead atoms. The molecule has 0 saturated carbocycles. The molecule has 1 N–H and O–H groups in total. The van der Waals surface area contributed by atoms with Gasteiger partial charge in [-0.2, -0.15) is 11.8 Å². The van der Waals surface area contributed by atoms with Crippen LogP contribution >= 0.6 is 11.8 Å². The summed E-state index contributed by atoms with van der Waals surface area (Å²) < 4.78 is 5.85. The molecule has 182 valence electrons. The SMILES string of the molecule is CC1CN(CC2CCN(CC(=O)Nc3cccc(C(=O)N4CCSCC4)c3)CC2)CC(C)O1. The molecule has 3 heterocycles. The fraction of sp³-hybridized carbons (Fsp3) is 0.680. The highest BCUT2D eigenvalue weighted by atomic mass is 32.2. The Hall–Kier alpha value is -1.61. The Labute approximate surface area is 202 Å². The van der Waals surface area contributed by atoms with Crippen LogP contribution in [0, 0.1) is 5.92 Å². The Morgan fingerprint density at radius 3 is 2.42 bits per heavy atom. The lowest BCUT2D eigenvalue weighted by atomic mass is 9.95. The molecule has 2 unspecified atom stereocenters. The molecule has 0 aliphatic carbocycles. The van der Waals surface area contributed by atoms with Crippen LogP contribution < -0.4 is 5.32 Å². The molecule has 7 nitrogen and oxygen atoms in total. The van der Waals surface area contributed by atoms with E-state index in [0.717, 1.165) is 70.2 Å². The quantitative estimate of drug-likeness (QED) is 0.684. The number of thioether (sulfide) groups is 1. The number of carbonyl (C=O) groups is 2. The first-order valence-electron chi connectivity index (χ1n) is 12.3. The maximum Gasteiger partial charge on any atom is 0.253 e. The van der Waals surface area contributed by atoms with Gasteiger partial charge in [-0.05, 0) is 63.9 Å². The number of amides is 2. The van der Waals surface area contributed by atoms with Crippen molar-refractivity contribution in [2.75, 3.05) is 69.2 Å². The zero-order chi connectivity index (χ0) is 23.2. The molecule has 3 saturated heterocycles. The van der Waals surface area contributed by atoms with Crippen LogP contribution in [0.15, 0.2) is 24.3 Å². The average Bonchev–Trinajstić information content (AvgIpc) is 2.80. The molecule has 33 heavy (non-hydrogen) atoms. The molecule has 2 amide bonds. The minimum atomic E-state index is -0.0109. The number of carbonyl (C=O) groups excluding carboxylic acids is 2. The van der Waals surface area contributed by atoms with Crippen molar-refractivity contribution in [2.45, 2.75) is 38.9 Å². The Balaban J connectivity index is 1.21. The fourth-order valence-electron chi connectivity index (χ4n) is 5.21. The van der Waals surface area contributed by atoms with Gasteiger partial charge in [0.15, 0.2) is 0 Å². The summed E-state index contributed by atoms with van der Waals surface area (Å²) in [5.41, 5.74) is 1.34. The summed E-state index contributed by atoms with van der Waals surface area (Å²) in [6.07, 6.45) is 2.88. The highest BCUT2D eigenvalue weighted by Gasteiger charge is 2.27. The van der Waals surface area contributed by atoms with Crippen LogP contribution in [0.5, 0.6) is 0 Å². The summed E-state index contributed by atoms with van der Waals surface area (Å²) in [6, 6.07) is 7.34. The van der Waals surface area contributed by atoms with Crippen LogP contribution in [-0.4, -0.2) is 103 Å². The predicted molar refractivity (Wildman–Crippen MR) is 134 cm³/mol. The molecule has 3 aliphatic rings. The van der Waals surface area contributed by atoms with Crippen molar-refractivity contribution in [2.24, 2.45) is 5.92 Å². The Morgan fingerprint density at radius 1 is 1.03 bits per heavy atom. The minimum absolute atomic E-state index is 0.0109. The maximum atomic E-state index is 12.7. The second-order valence-electron chi connectivity index (χ2n) is 9.73. The van der Waals surface area contributed by atoms with E-state index in [2.05, 4.69) is 29.0 Å². The van der Waals surface area contributed by atoms with Crippen molar-refractivity contribution in [1.82, 2.24) is 14.7 Å². The van der Waals surface area contributed by atoms with Crippen LogP contribution in [0.25, 0.3) is 0 Å². The number of anilines is 1. The number of rotatable bonds is 6. The Bertz CT molecular complexity index is 799. The number of morpholine rings is 1. The molecule has 0 radical (unpaired) electrons. The highest BCUT2D eigenvalue weighted by molar-refractivity contribution is 7.99. The number of nitrogens with zero attached hydrogens (tertiary/aromatic N) is 3. The van der Waals surface area contributed by atoms with E-state index in [1.807, 2.05) is 34.9 Å². The van der Waals surface area contributed by atoms with Gasteiger partial charge in [0.05, 0.1) is 18.8 Å². The first-order valence-corrected chi connectivity index (χ1v) is 13.5. The van der Waals surface area contributed by atoms with Gasteiger partial charge in [-0.15, -0.1) is 0 Å². The van der Waals surface area contributed by atoms with E-state index in [4.69, 9.17) is 4.74 Å². The molecule has 1 aromatic rings. The van der Waals surface area contributed by atoms with Crippen LogP contribution in [0.1, 0.15) is 37.0 Å². The highest BCUT2D eigenvalue weighted by Crippen LogP contribution is 2.21. The van der Waals surface area contributed by atoms with Gasteiger partial charge in [0, 0.05) is 55.5 Å². The zero-order valence-corrected chi connectivity index (χ0v) is 20.8. The lowest BCUT2D eigenvalue weighted by Gasteiger charge is -2.39. The third-order valence-corrected chi connectivity index (χ3v) is 7.72. The van der Waals surface area contributed by atoms with E-state index in [1.54, 1.807) is 6.07 Å². The van der Waals surface area contributed by atoms with Crippen LogP contribution in [0.4, 0.5) is 5.69 Å². The average molecular weight is 475 g/mol. The van der Waals surface area contributed by atoms with Crippen molar-refractivity contribution in [3.63, 3.8) is 0 Å². The Morgan fingerprint density at radius 2 is 1.73 bits per heavy atom. The number of likely N-dealkylation sites (tertiary alicyclic amines) is 1. The molecule has 3 fully saturated rings. The standard InChI is InChI=1S/C25H38N4O3S/c1-19-15-28(16-20(2)32-19)17-21-6-8-27(9-7-21)18-24(30)26-23-5-3-4-22(14-23)25(31)29-10-12-33-13-11-29/h3-5,14,19-21H,6-13,15-18H2,1-2H3,(H,26,30). The molecule has 8 heteroatoms. The van der Waals surface area contributed by atoms with Crippen molar-refractivity contribution in [3.05, 3.63) is 29.8 Å². The molecule has 0 aromatic heterocycles. The summed E-state index contributed by atoms with van der Waals surface area (Å²) in [4.78, 5) is 32.1. The van der Waals surface area contributed by atoms with E-state index in [1.165, 1.54) is 0 Å². The van der Waals surface area contributed by atoms with Crippen molar-refractivity contribution >= 4 is 29.3 Å². The van der Waals surface area contributed by atoms with Gasteiger partial charge in [-0.1, -0.05) is 6.07 Å². The first-order chi connectivity index (χ1) is 16.0. The van der Waals surface area contributed by atoms with Gasteiger partial charge in [-0.3, -0.25) is 19.4 Å². The van der Waals surface area contributed by atoms with Crippen LogP contribution in [0.2, 0.25) is 0 Å². The summed E-state index contributed by atoms with van der Waals surface area (Å²) in [6.45, 7) is 11.4. The van der Waals surface area contributed by atoms with E-state index in [9.17, 15) is 9.59 Å². The molecule has 0 spiro atoms. The first kappa shape index (κ1) is 24.5. The van der Waals surface area contributed by atoms with Gasteiger partial charge >= 0.3 is 0 Å². The zero-order valence-electron chi connectivity index (χ0n) is 20.0. The molecule has 4 rings (SSSR count). The van der Waals surface area contributed by atoms with Crippen molar-refractivity contribution in [3.8, 4) is 0 Å². The van der Waals surface area contributed by atoms with E-state index >= 15 is 0 Å². The molecular formula is C25H38N4O3S. The fourth-order valence-corrected chi connectivity index (χ4v) is 6.11. The van der Waals surface area contributed by atoms with Gasteiger partial charge < -0.3 is 15.0 Å². The molecule has 2 atom stereocenters. The second kappa shape index (κ2) is 11.7. The largest absolute Gasteiger partial charge is 0.373 e. The number of benzene rings is 1. The van der Waals surface area contributed by atoms with E-state index < -0.39 is 0 Å². The predicted octanol–water partition coefficient (Wildman–Crippen LogP) is 2.64. The number of hydrogen-bond acceptors (Lipinski definition) is 6. The second-order valence-corrected chi connectivity index (χ2v) is 11.0. The molecule has 1 aromatic carbocycles. The lowest BCUT2D eigenvalue weighted by Crippen LogP contribution is -2.48. The Kier molecular flexibility index (Phi) is 8.68. The summed E-state index contributed by atoms with van der Waals surface area (Å²) in [5, 5.41) is 3.00. The number of ether oxygens (including phenoxy) is 1. The van der Waals surface area contributed by atoms with Crippen LogP contribution in [0.3, 0.4) is 0 Å². The van der Waals surface area contributed by atoms with E-state index in [-0.39, 0.29) is 11.8 Å². The third-order valence-electron chi connectivity index (χ3n) is 6.78. The normalized spacial score (nSPS) is 25.7. The monoisotopic (exact) mass is 474 g/mol. The van der Waals surface area contributed by atoms with Gasteiger partial charge in [0.25, 0.3) is 5.91 Å². The number of hydrogen-bond donors (Lipinski definition) is 1. The lowest BCUT2D eigenvalue weighted by molar-refractivity contribution is -0.117. The summed E-state index contributed by atoms with van der Waals surface area (Å²) in [5.74, 6) is 2.71. The van der Waals surface area contributed by atoms with Crippen LogP contribution in [-0.2, 0) is 9.53 Å². The summed E-state index contributed by atoms with van der Waals surface area (Å²) in [7, 11) is 0. The smallest absolute Gasteiger partial charge is 0.253 e. The van der Waals surface area contributed by atoms with Gasteiger partial charge in [0.1, 0.15) is 0 Å². The van der Waals surface area contributed by atoms with E-state index in [0.29, 0.717) is 35.9 Å². The number of piperidine rings is 1. The van der Waals surface area contributed by atoms with Crippen molar-refractivity contribution < 1.29 is 14.3 Å². The van der Waals surface area contributed by atoms with Gasteiger partial charge in [0.2, 0.25) is 5.91 Å². The number of nitrogens with one attached hydrogen (secondary N) is 1. The minimum Gasteiger partial charge on any atom is -0.373 e.